The van der Waals surface area contributed by atoms with E-state index >= 15 is 0 Å². The first-order valence-electron chi connectivity index (χ1n) is 9.95. The number of urea groups is 1. The van der Waals surface area contributed by atoms with Gasteiger partial charge in [0.15, 0.2) is 0 Å². The molecule has 26 heavy (non-hydrogen) atoms. The van der Waals surface area contributed by atoms with Crippen LogP contribution >= 0.6 is 0 Å². The van der Waals surface area contributed by atoms with Gasteiger partial charge in [-0.15, -0.1) is 0 Å². The molecule has 1 aliphatic carbocycles. The number of rotatable bonds is 6. The summed E-state index contributed by atoms with van der Waals surface area (Å²) in [4.78, 5) is 32.8. The van der Waals surface area contributed by atoms with E-state index in [1.165, 1.54) is 19.3 Å². The fraction of sp³-hybridized carbons (Fsp3) is 0.650. The fourth-order valence-electron chi connectivity index (χ4n) is 3.95. The number of aromatic nitrogens is 1. The van der Waals surface area contributed by atoms with Crippen LogP contribution in [0.4, 0.5) is 4.79 Å². The van der Waals surface area contributed by atoms with Crippen LogP contribution in [-0.4, -0.2) is 52.4 Å². The number of nitrogens with zero attached hydrogens (tertiary/aromatic N) is 3. The van der Waals surface area contributed by atoms with E-state index in [-0.39, 0.29) is 11.9 Å². The average Bonchev–Trinajstić information content (AvgIpc) is 2.69. The predicted molar refractivity (Wildman–Crippen MR) is 100 cm³/mol. The first kappa shape index (κ1) is 18.7. The predicted octanol–water partition coefficient (Wildman–Crippen LogP) is 2.94. The molecule has 1 N–H and O–H groups in total. The van der Waals surface area contributed by atoms with E-state index in [9.17, 15) is 9.59 Å². The molecule has 142 valence electrons. The smallest absolute Gasteiger partial charge is 0.318 e. The molecule has 6 heteroatoms. The topological polar surface area (TPSA) is 65.5 Å². The minimum Gasteiger partial charge on any atom is -0.341 e. The second kappa shape index (κ2) is 9.55. The first-order valence-corrected chi connectivity index (χ1v) is 9.95. The Kier molecular flexibility index (Phi) is 6.86. The lowest BCUT2D eigenvalue weighted by atomic mass is 9.94. The van der Waals surface area contributed by atoms with Gasteiger partial charge in [0.05, 0.1) is 0 Å². The zero-order valence-electron chi connectivity index (χ0n) is 15.5. The number of piperidine rings is 1. The third-order valence-corrected chi connectivity index (χ3v) is 5.43. The number of amides is 3. The van der Waals surface area contributed by atoms with Crippen molar-refractivity contribution in [3.63, 3.8) is 0 Å². The van der Waals surface area contributed by atoms with Gasteiger partial charge in [-0.2, -0.15) is 0 Å². The van der Waals surface area contributed by atoms with E-state index in [0.29, 0.717) is 32.1 Å². The molecule has 1 aromatic heterocycles. The molecule has 3 amide bonds. The Balaban J connectivity index is 1.56. The van der Waals surface area contributed by atoms with Gasteiger partial charge >= 0.3 is 6.03 Å². The fourth-order valence-corrected chi connectivity index (χ4v) is 3.95. The zero-order chi connectivity index (χ0) is 18.2. The van der Waals surface area contributed by atoms with Crippen LogP contribution in [0.3, 0.4) is 0 Å². The molecule has 6 nitrogen and oxygen atoms in total. The number of carbonyl (C=O) groups is 2. The lowest BCUT2D eigenvalue weighted by Gasteiger charge is -2.35. The quantitative estimate of drug-likeness (QED) is 0.850. The zero-order valence-corrected chi connectivity index (χ0v) is 15.5. The van der Waals surface area contributed by atoms with Gasteiger partial charge in [0.2, 0.25) is 5.91 Å². The highest BCUT2D eigenvalue weighted by Crippen LogP contribution is 2.24. The molecule has 1 aliphatic heterocycles. The molecule has 0 aromatic carbocycles. The molecule has 1 saturated carbocycles. The lowest BCUT2D eigenvalue weighted by Crippen LogP contribution is -2.48. The summed E-state index contributed by atoms with van der Waals surface area (Å²) in [7, 11) is 0. The number of hydrogen-bond acceptors (Lipinski definition) is 3. The van der Waals surface area contributed by atoms with Gasteiger partial charge in [0, 0.05) is 51.0 Å². The Morgan fingerprint density at radius 3 is 2.81 bits per heavy atom. The maximum absolute atomic E-state index is 12.9. The lowest BCUT2D eigenvalue weighted by molar-refractivity contribution is -0.133. The average molecular weight is 358 g/mol. The third-order valence-electron chi connectivity index (χ3n) is 5.43. The van der Waals surface area contributed by atoms with Crippen LogP contribution in [-0.2, 0) is 11.3 Å². The van der Waals surface area contributed by atoms with Crippen molar-refractivity contribution in [2.75, 3.05) is 19.6 Å². The monoisotopic (exact) mass is 358 g/mol. The summed E-state index contributed by atoms with van der Waals surface area (Å²) < 4.78 is 0. The van der Waals surface area contributed by atoms with Crippen molar-refractivity contribution < 1.29 is 9.59 Å². The van der Waals surface area contributed by atoms with Gasteiger partial charge in [0.1, 0.15) is 0 Å². The largest absolute Gasteiger partial charge is 0.341 e. The van der Waals surface area contributed by atoms with E-state index in [1.807, 2.05) is 28.1 Å². The molecule has 2 fully saturated rings. The normalized spacial score (nSPS) is 18.6. The minimum absolute atomic E-state index is 0.0230. The molecule has 3 rings (SSSR count). The summed E-state index contributed by atoms with van der Waals surface area (Å²) in [6, 6.07) is 4.20. The molecule has 2 heterocycles. The third kappa shape index (κ3) is 5.19. The van der Waals surface area contributed by atoms with Crippen molar-refractivity contribution >= 4 is 11.9 Å². The molecule has 1 saturated heterocycles. The highest BCUT2D eigenvalue weighted by atomic mass is 16.2. The molecular weight excluding hydrogens is 328 g/mol. The summed E-state index contributed by atoms with van der Waals surface area (Å²) in [5.41, 5.74) is 1.06. The van der Waals surface area contributed by atoms with Gasteiger partial charge in [-0.3, -0.25) is 9.78 Å². The summed E-state index contributed by atoms with van der Waals surface area (Å²) in [6.07, 6.45) is 12.0. The standard InChI is InChI=1S/C20H30N4O2/c25-19-10-4-5-13-23(19)14-12-22-20(26)24(18-8-2-1-3-9-18)16-17-7-6-11-21-15-17/h6-7,11,15,18H,1-5,8-10,12-14,16H2,(H,22,26). The van der Waals surface area contributed by atoms with E-state index in [0.717, 1.165) is 37.8 Å². The maximum Gasteiger partial charge on any atom is 0.318 e. The second-order valence-corrected chi connectivity index (χ2v) is 7.35. The minimum atomic E-state index is -0.0230. The maximum atomic E-state index is 12.9. The second-order valence-electron chi connectivity index (χ2n) is 7.35. The van der Waals surface area contributed by atoms with Crippen LogP contribution in [0, 0.1) is 0 Å². The Morgan fingerprint density at radius 1 is 1.23 bits per heavy atom. The van der Waals surface area contributed by atoms with E-state index in [1.54, 1.807) is 6.20 Å². The molecule has 0 spiro atoms. The van der Waals surface area contributed by atoms with Crippen molar-refractivity contribution in [3.8, 4) is 0 Å². The van der Waals surface area contributed by atoms with Crippen LogP contribution in [0.15, 0.2) is 24.5 Å². The molecular formula is C20H30N4O2. The number of hydrogen-bond donors (Lipinski definition) is 1. The Labute approximate surface area is 156 Å². The molecule has 2 aliphatic rings. The van der Waals surface area contributed by atoms with Gasteiger partial charge in [-0.05, 0) is 37.3 Å². The Morgan fingerprint density at radius 2 is 2.08 bits per heavy atom. The van der Waals surface area contributed by atoms with Crippen LogP contribution in [0.2, 0.25) is 0 Å². The van der Waals surface area contributed by atoms with E-state index < -0.39 is 0 Å². The summed E-state index contributed by atoms with van der Waals surface area (Å²) in [5.74, 6) is 0.213. The Hall–Kier alpha value is -2.11. The number of carbonyl (C=O) groups excluding carboxylic acids is 2. The summed E-state index contributed by atoms with van der Waals surface area (Å²) in [6.45, 7) is 2.53. The van der Waals surface area contributed by atoms with Gasteiger partial charge in [-0.25, -0.2) is 4.79 Å². The van der Waals surface area contributed by atoms with Gasteiger partial charge in [-0.1, -0.05) is 25.3 Å². The highest BCUT2D eigenvalue weighted by molar-refractivity contribution is 5.77. The summed E-state index contributed by atoms with van der Waals surface area (Å²) >= 11 is 0. The number of pyridine rings is 1. The molecule has 0 unspecified atom stereocenters. The van der Waals surface area contributed by atoms with Crippen molar-refractivity contribution in [1.82, 2.24) is 20.1 Å². The van der Waals surface area contributed by atoms with Gasteiger partial charge < -0.3 is 15.1 Å². The van der Waals surface area contributed by atoms with Crippen LogP contribution in [0.25, 0.3) is 0 Å². The molecule has 0 atom stereocenters. The van der Waals surface area contributed by atoms with Crippen molar-refractivity contribution in [2.24, 2.45) is 0 Å². The highest BCUT2D eigenvalue weighted by Gasteiger charge is 2.26. The van der Waals surface area contributed by atoms with Crippen molar-refractivity contribution in [1.29, 1.82) is 0 Å². The van der Waals surface area contributed by atoms with Crippen LogP contribution in [0.1, 0.15) is 56.9 Å². The van der Waals surface area contributed by atoms with Crippen LogP contribution < -0.4 is 5.32 Å². The first-order chi connectivity index (χ1) is 12.7. The summed E-state index contributed by atoms with van der Waals surface area (Å²) in [5, 5.41) is 3.04. The van der Waals surface area contributed by atoms with E-state index in [2.05, 4.69) is 10.3 Å². The van der Waals surface area contributed by atoms with Gasteiger partial charge in [0.25, 0.3) is 0 Å². The van der Waals surface area contributed by atoms with E-state index in [4.69, 9.17) is 0 Å². The molecule has 1 aromatic rings. The Bertz CT molecular complexity index is 587. The molecule has 0 bridgehead atoms. The number of nitrogens with one attached hydrogen (secondary N) is 1. The van der Waals surface area contributed by atoms with Crippen molar-refractivity contribution in [3.05, 3.63) is 30.1 Å². The van der Waals surface area contributed by atoms with Crippen LogP contribution in [0.5, 0.6) is 0 Å². The van der Waals surface area contributed by atoms with Crippen molar-refractivity contribution in [2.45, 2.75) is 64.0 Å². The molecule has 0 radical (unpaired) electrons. The SMILES string of the molecule is O=C1CCCCN1CCNC(=O)N(Cc1cccnc1)C1CCCCC1. The number of likely N-dealkylation sites (tertiary alicyclic amines) is 1.